The number of hydrogen-bond donors (Lipinski definition) is 2. The number of anilines is 2. The van der Waals surface area contributed by atoms with Gasteiger partial charge in [0.25, 0.3) is 0 Å². The van der Waals surface area contributed by atoms with Gasteiger partial charge in [0.1, 0.15) is 5.75 Å². The summed E-state index contributed by atoms with van der Waals surface area (Å²) in [5, 5.41) is 15.1. The topological polar surface area (TPSA) is 54.4 Å². The van der Waals surface area contributed by atoms with E-state index in [2.05, 4.69) is 37.4 Å². The number of methoxy groups -OCH3 is 1. The van der Waals surface area contributed by atoms with Crippen LogP contribution in [0.15, 0.2) is 48.5 Å². The van der Waals surface area contributed by atoms with Gasteiger partial charge in [0, 0.05) is 16.5 Å². The van der Waals surface area contributed by atoms with E-state index in [4.69, 9.17) is 9.72 Å². The number of aryl methyl sites for hydroxylation is 3. The van der Waals surface area contributed by atoms with Crippen LogP contribution >= 0.6 is 0 Å². The number of hydrogen-bond acceptors (Lipinski definition) is 4. The van der Waals surface area contributed by atoms with E-state index in [9.17, 15) is 5.11 Å². The van der Waals surface area contributed by atoms with Crippen molar-refractivity contribution in [2.75, 3.05) is 12.4 Å². The normalized spacial score (nSPS) is 11.2. The van der Waals surface area contributed by atoms with Crippen molar-refractivity contribution in [3.63, 3.8) is 0 Å². The van der Waals surface area contributed by atoms with Gasteiger partial charge in [-0.2, -0.15) is 0 Å². The Labute approximate surface area is 164 Å². The molecule has 0 amide bonds. The zero-order valence-electron chi connectivity index (χ0n) is 16.6. The fourth-order valence-electron chi connectivity index (χ4n) is 3.58. The molecule has 0 radical (unpaired) electrons. The monoisotopic (exact) mass is 372 g/mol. The first-order valence-corrected chi connectivity index (χ1v) is 9.36. The molecule has 142 valence electrons. The molecular weight excluding hydrogens is 348 g/mol. The second kappa shape index (κ2) is 7.13. The molecule has 0 saturated carbocycles. The molecule has 28 heavy (non-hydrogen) atoms. The molecule has 0 spiro atoms. The van der Waals surface area contributed by atoms with Gasteiger partial charge in [-0.05, 0) is 79.4 Å². The summed E-state index contributed by atoms with van der Waals surface area (Å²) in [7, 11) is 1.69. The molecule has 0 atom stereocenters. The van der Waals surface area contributed by atoms with E-state index in [1.54, 1.807) is 7.11 Å². The fourth-order valence-corrected chi connectivity index (χ4v) is 3.58. The third-order valence-electron chi connectivity index (χ3n) is 5.28. The minimum atomic E-state index is 0.0126. The molecule has 0 fully saturated rings. The van der Waals surface area contributed by atoms with Crippen molar-refractivity contribution < 1.29 is 9.84 Å². The molecule has 4 aromatic rings. The molecule has 0 bridgehead atoms. The number of nitrogens with one attached hydrogen (secondary N) is 1. The third-order valence-corrected chi connectivity index (χ3v) is 5.28. The summed E-state index contributed by atoms with van der Waals surface area (Å²) in [6.07, 6.45) is 0. The molecule has 3 aromatic carbocycles. The summed E-state index contributed by atoms with van der Waals surface area (Å²) >= 11 is 0. The Hall–Kier alpha value is -3.11. The van der Waals surface area contributed by atoms with Crippen LogP contribution in [0.2, 0.25) is 0 Å². The van der Waals surface area contributed by atoms with Gasteiger partial charge in [-0.1, -0.05) is 12.1 Å². The van der Waals surface area contributed by atoms with E-state index in [0.717, 1.165) is 50.1 Å². The van der Waals surface area contributed by atoms with Crippen LogP contribution in [0.3, 0.4) is 0 Å². The number of aliphatic hydroxyl groups is 1. The van der Waals surface area contributed by atoms with E-state index in [-0.39, 0.29) is 6.61 Å². The Morgan fingerprint density at radius 3 is 2.29 bits per heavy atom. The molecule has 0 saturated heterocycles. The lowest BCUT2D eigenvalue weighted by Crippen LogP contribution is -1.98. The van der Waals surface area contributed by atoms with Crippen LogP contribution < -0.4 is 10.1 Å². The predicted octanol–water partition coefficient (Wildman–Crippen LogP) is 5.56. The van der Waals surface area contributed by atoms with Crippen LogP contribution in [0.5, 0.6) is 5.75 Å². The molecule has 0 aliphatic carbocycles. The maximum absolute atomic E-state index is 9.48. The van der Waals surface area contributed by atoms with E-state index < -0.39 is 0 Å². The van der Waals surface area contributed by atoms with Crippen molar-refractivity contribution in [1.82, 2.24) is 4.98 Å². The van der Waals surface area contributed by atoms with Crippen molar-refractivity contribution in [2.45, 2.75) is 27.4 Å². The minimum absolute atomic E-state index is 0.0126. The Morgan fingerprint density at radius 2 is 1.57 bits per heavy atom. The zero-order chi connectivity index (χ0) is 19.8. The van der Waals surface area contributed by atoms with Gasteiger partial charge >= 0.3 is 0 Å². The number of fused-ring (bicyclic) bond motifs is 2. The molecule has 4 rings (SSSR count). The predicted molar refractivity (Wildman–Crippen MR) is 116 cm³/mol. The van der Waals surface area contributed by atoms with Crippen molar-refractivity contribution in [3.8, 4) is 5.75 Å². The van der Waals surface area contributed by atoms with Crippen LogP contribution in [-0.4, -0.2) is 17.2 Å². The Bertz CT molecular complexity index is 1200. The molecular formula is C24H24N2O2. The van der Waals surface area contributed by atoms with E-state index >= 15 is 0 Å². The second-order valence-electron chi connectivity index (χ2n) is 7.26. The number of aromatic nitrogens is 1. The van der Waals surface area contributed by atoms with Gasteiger partial charge < -0.3 is 15.2 Å². The average Bonchev–Trinajstić information content (AvgIpc) is 2.69. The van der Waals surface area contributed by atoms with Crippen molar-refractivity contribution >= 4 is 33.2 Å². The summed E-state index contributed by atoms with van der Waals surface area (Å²) in [6.45, 7) is 6.27. The molecule has 2 N–H and O–H groups in total. The number of aliphatic hydroxyl groups excluding tert-OH is 1. The standard InChI is InChI=1S/C24H24N2O2/c1-14-8-19-21(9-15(14)2)26-22-10-16(3)23(28-4)12-20(22)24(19)25-18-7-5-6-17(11-18)13-27/h5-12,27H,13H2,1-4H3,(H,25,26). The first-order valence-electron chi connectivity index (χ1n) is 9.36. The molecule has 4 heteroatoms. The third kappa shape index (κ3) is 3.16. The first-order chi connectivity index (χ1) is 13.5. The first kappa shape index (κ1) is 18.3. The number of ether oxygens (including phenoxy) is 1. The highest BCUT2D eigenvalue weighted by atomic mass is 16.5. The Balaban J connectivity index is 2.03. The van der Waals surface area contributed by atoms with Crippen molar-refractivity contribution in [2.24, 2.45) is 0 Å². The van der Waals surface area contributed by atoms with Crippen LogP contribution in [0.25, 0.3) is 21.8 Å². The highest BCUT2D eigenvalue weighted by Crippen LogP contribution is 2.37. The van der Waals surface area contributed by atoms with Crippen LogP contribution in [0, 0.1) is 20.8 Å². The quantitative estimate of drug-likeness (QED) is 0.461. The van der Waals surface area contributed by atoms with Gasteiger partial charge in [0.15, 0.2) is 0 Å². The zero-order valence-corrected chi connectivity index (χ0v) is 16.6. The number of pyridine rings is 1. The summed E-state index contributed by atoms with van der Waals surface area (Å²) in [5.74, 6) is 0.838. The van der Waals surface area contributed by atoms with E-state index in [1.165, 1.54) is 11.1 Å². The van der Waals surface area contributed by atoms with Crippen LogP contribution in [0.4, 0.5) is 11.4 Å². The molecule has 1 aromatic heterocycles. The summed E-state index contributed by atoms with van der Waals surface area (Å²) < 4.78 is 5.56. The maximum atomic E-state index is 9.48. The lowest BCUT2D eigenvalue weighted by atomic mass is 10.0. The molecule has 0 aliphatic rings. The summed E-state index contributed by atoms with van der Waals surface area (Å²) in [5.41, 5.74) is 8.18. The van der Waals surface area contributed by atoms with Gasteiger partial charge in [-0.15, -0.1) is 0 Å². The smallest absolute Gasteiger partial charge is 0.122 e. The molecule has 4 nitrogen and oxygen atoms in total. The maximum Gasteiger partial charge on any atom is 0.122 e. The minimum Gasteiger partial charge on any atom is -0.496 e. The average molecular weight is 372 g/mol. The second-order valence-corrected chi connectivity index (χ2v) is 7.26. The van der Waals surface area contributed by atoms with E-state index in [1.807, 2.05) is 37.3 Å². The summed E-state index contributed by atoms with van der Waals surface area (Å²) in [4.78, 5) is 4.92. The van der Waals surface area contributed by atoms with Gasteiger partial charge in [0.2, 0.25) is 0 Å². The summed E-state index contributed by atoms with van der Waals surface area (Å²) in [6, 6.07) is 16.3. The lowest BCUT2D eigenvalue weighted by Gasteiger charge is -2.17. The van der Waals surface area contributed by atoms with Crippen LogP contribution in [0.1, 0.15) is 22.3 Å². The molecule has 0 unspecified atom stereocenters. The van der Waals surface area contributed by atoms with Gasteiger partial charge in [-0.25, -0.2) is 4.98 Å². The molecule has 1 heterocycles. The number of benzene rings is 3. The van der Waals surface area contributed by atoms with Crippen molar-refractivity contribution in [3.05, 3.63) is 70.8 Å². The number of nitrogens with zero attached hydrogens (tertiary/aromatic N) is 1. The number of rotatable bonds is 4. The van der Waals surface area contributed by atoms with Gasteiger partial charge in [0.05, 0.1) is 30.4 Å². The van der Waals surface area contributed by atoms with Gasteiger partial charge in [-0.3, -0.25) is 0 Å². The van der Waals surface area contributed by atoms with E-state index in [0.29, 0.717) is 0 Å². The highest BCUT2D eigenvalue weighted by molar-refractivity contribution is 6.09. The fraction of sp³-hybridized carbons (Fsp3) is 0.208. The van der Waals surface area contributed by atoms with Crippen molar-refractivity contribution in [1.29, 1.82) is 0 Å². The van der Waals surface area contributed by atoms with Crippen LogP contribution in [-0.2, 0) is 6.61 Å². The highest BCUT2D eigenvalue weighted by Gasteiger charge is 2.14. The largest absolute Gasteiger partial charge is 0.496 e. The Morgan fingerprint density at radius 1 is 0.893 bits per heavy atom. The Kier molecular flexibility index (Phi) is 4.65. The lowest BCUT2D eigenvalue weighted by molar-refractivity contribution is 0.282. The molecule has 0 aliphatic heterocycles. The SMILES string of the molecule is COc1cc2c(Nc3cccc(CO)c3)c3cc(C)c(C)cc3nc2cc1C.